The minimum atomic E-state index is -0.457. The van der Waals surface area contributed by atoms with E-state index in [9.17, 15) is 4.79 Å². The van der Waals surface area contributed by atoms with Gasteiger partial charge in [0.2, 0.25) is 0 Å². The Balaban J connectivity index is 1.25. The lowest BCUT2D eigenvalue weighted by molar-refractivity contribution is -0.128. The normalized spacial score (nSPS) is 10.7. The molecule has 0 amide bonds. The van der Waals surface area contributed by atoms with Crippen LogP contribution in [0, 0.1) is 13.8 Å². The zero-order valence-corrected chi connectivity index (χ0v) is 23.0. The van der Waals surface area contributed by atoms with E-state index in [0.717, 1.165) is 47.1 Å². The van der Waals surface area contributed by atoms with Crippen LogP contribution in [-0.4, -0.2) is 5.97 Å². The minimum absolute atomic E-state index is 0.457. The van der Waals surface area contributed by atoms with Gasteiger partial charge >= 0.3 is 5.97 Å². The van der Waals surface area contributed by atoms with Crippen LogP contribution in [0.25, 0.3) is 11.1 Å². The molecule has 40 heavy (non-hydrogen) atoms. The molecule has 0 unspecified atom stereocenters. The Morgan fingerprint density at radius 2 is 0.975 bits per heavy atom. The predicted octanol–water partition coefficient (Wildman–Crippen LogP) is 9.32. The number of hydrogen-bond donors (Lipinski definition) is 0. The smallest absolute Gasteiger partial charge is 0.335 e. The van der Waals surface area contributed by atoms with Crippen LogP contribution in [0.15, 0.2) is 134 Å². The van der Waals surface area contributed by atoms with E-state index in [1.54, 1.807) is 12.1 Å². The van der Waals surface area contributed by atoms with Gasteiger partial charge < -0.3 is 9.64 Å². The van der Waals surface area contributed by atoms with Gasteiger partial charge in [-0.05, 0) is 97.5 Å². The van der Waals surface area contributed by atoms with E-state index >= 15 is 0 Å². The van der Waals surface area contributed by atoms with Crippen molar-refractivity contribution in [2.75, 3.05) is 4.90 Å². The summed E-state index contributed by atoms with van der Waals surface area (Å²) in [5.41, 5.74) is 10.8. The number of esters is 1. The van der Waals surface area contributed by atoms with Crippen LogP contribution >= 0.6 is 0 Å². The molecule has 5 aromatic rings. The Morgan fingerprint density at radius 1 is 0.600 bits per heavy atom. The van der Waals surface area contributed by atoms with Gasteiger partial charge in [0.1, 0.15) is 5.75 Å². The van der Waals surface area contributed by atoms with Crippen molar-refractivity contribution in [3.8, 4) is 16.9 Å². The maximum absolute atomic E-state index is 11.4. The van der Waals surface area contributed by atoms with E-state index in [4.69, 9.17) is 4.74 Å². The molecule has 3 nitrogen and oxygen atoms in total. The summed E-state index contributed by atoms with van der Waals surface area (Å²) in [4.78, 5) is 13.7. The first-order valence-corrected chi connectivity index (χ1v) is 13.5. The van der Waals surface area contributed by atoms with Gasteiger partial charge in [0.25, 0.3) is 0 Å². The Hall–Kier alpha value is -4.89. The van der Waals surface area contributed by atoms with E-state index < -0.39 is 5.97 Å². The summed E-state index contributed by atoms with van der Waals surface area (Å²) in [6.45, 7) is 7.66. The summed E-state index contributed by atoms with van der Waals surface area (Å²) in [6.07, 6.45) is 3.10. The molecule has 0 aliphatic rings. The lowest BCUT2D eigenvalue weighted by Crippen LogP contribution is -2.10. The number of carbonyl (C=O) groups is 1. The molecule has 5 rings (SSSR count). The van der Waals surface area contributed by atoms with Crippen molar-refractivity contribution in [3.05, 3.63) is 156 Å². The zero-order valence-electron chi connectivity index (χ0n) is 23.0. The number of benzene rings is 5. The molecular weight excluding hydrogens is 490 g/mol. The topological polar surface area (TPSA) is 29.5 Å². The van der Waals surface area contributed by atoms with Crippen LogP contribution in [0.5, 0.6) is 5.75 Å². The number of carbonyl (C=O) groups excluding carboxylic acids is 1. The average Bonchev–Trinajstić information content (AvgIpc) is 2.99. The summed E-state index contributed by atoms with van der Waals surface area (Å²) >= 11 is 0. The number of ether oxygens (including phenoxy) is 1. The van der Waals surface area contributed by atoms with Gasteiger partial charge in [-0.2, -0.15) is 0 Å². The predicted molar refractivity (Wildman–Crippen MR) is 166 cm³/mol. The molecule has 0 heterocycles. The van der Waals surface area contributed by atoms with Crippen LogP contribution in [0.2, 0.25) is 0 Å². The highest BCUT2D eigenvalue weighted by molar-refractivity contribution is 5.83. The van der Waals surface area contributed by atoms with Gasteiger partial charge in [-0.25, -0.2) is 4.79 Å². The van der Waals surface area contributed by atoms with E-state index in [0.29, 0.717) is 5.75 Å². The SMILES string of the molecule is C=CC(=O)Oc1ccc(-c2ccc(CCc3ccc(N(c4ccc(C)cc4)c4ccc(C)cc4)cc3)cc2)cc1. The monoisotopic (exact) mass is 523 g/mol. The van der Waals surface area contributed by atoms with Crippen LogP contribution < -0.4 is 9.64 Å². The van der Waals surface area contributed by atoms with Crippen molar-refractivity contribution in [1.82, 2.24) is 0 Å². The maximum atomic E-state index is 11.4. The van der Waals surface area contributed by atoms with E-state index in [1.165, 1.54) is 22.3 Å². The van der Waals surface area contributed by atoms with E-state index in [2.05, 4.69) is 122 Å². The molecular formula is C37H33NO2. The first-order chi connectivity index (χ1) is 19.5. The molecule has 0 radical (unpaired) electrons. The molecule has 0 saturated carbocycles. The van der Waals surface area contributed by atoms with Crippen LogP contribution in [0.1, 0.15) is 22.3 Å². The molecule has 198 valence electrons. The first-order valence-electron chi connectivity index (χ1n) is 13.5. The van der Waals surface area contributed by atoms with Crippen LogP contribution in [0.4, 0.5) is 17.1 Å². The molecule has 0 aliphatic heterocycles. The van der Waals surface area contributed by atoms with Crippen LogP contribution in [-0.2, 0) is 17.6 Å². The van der Waals surface area contributed by atoms with Crippen molar-refractivity contribution in [3.63, 3.8) is 0 Å². The zero-order chi connectivity index (χ0) is 27.9. The molecule has 0 aliphatic carbocycles. The molecule has 3 heteroatoms. The second kappa shape index (κ2) is 12.3. The number of rotatable bonds is 9. The van der Waals surface area contributed by atoms with Crippen molar-refractivity contribution in [2.45, 2.75) is 26.7 Å². The molecule has 0 saturated heterocycles. The van der Waals surface area contributed by atoms with E-state index in [-0.39, 0.29) is 0 Å². The maximum Gasteiger partial charge on any atom is 0.335 e. The number of anilines is 3. The average molecular weight is 524 g/mol. The first kappa shape index (κ1) is 26.7. The Morgan fingerprint density at radius 3 is 1.40 bits per heavy atom. The van der Waals surface area contributed by atoms with Gasteiger partial charge in [-0.3, -0.25) is 0 Å². The standard InChI is InChI=1S/C37H33NO2/c1-4-37(39)40-36-25-17-32(18-26-36)31-15-11-29(12-16-31)9-10-30-13-23-35(24-14-30)38(33-19-5-27(2)6-20-33)34-21-7-28(3)8-22-34/h4-8,11-26H,1,9-10H2,2-3H3. The summed E-state index contributed by atoms with van der Waals surface area (Å²) in [7, 11) is 0. The largest absolute Gasteiger partial charge is 0.423 e. The van der Waals surface area contributed by atoms with E-state index in [1.807, 2.05) is 12.1 Å². The number of hydrogen-bond acceptors (Lipinski definition) is 3. The van der Waals surface area contributed by atoms with Crippen molar-refractivity contribution in [1.29, 1.82) is 0 Å². The molecule has 0 N–H and O–H groups in total. The van der Waals surface area contributed by atoms with Gasteiger partial charge in [0, 0.05) is 23.1 Å². The number of nitrogens with zero attached hydrogens (tertiary/aromatic N) is 1. The van der Waals surface area contributed by atoms with Crippen molar-refractivity contribution < 1.29 is 9.53 Å². The highest BCUT2D eigenvalue weighted by Gasteiger charge is 2.12. The quantitative estimate of drug-likeness (QED) is 0.109. The highest BCUT2D eigenvalue weighted by atomic mass is 16.5. The second-order valence-corrected chi connectivity index (χ2v) is 10.0. The third kappa shape index (κ3) is 6.57. The fraction of sp³-hybridized carbons (Fsp3) is 0.108. The van der Waals surface area contributed by atoms with Gasteiger partial charge in [0.05, 0.1) is 0 Å². The van der Waals surface area contributed by atoms with Gasteiger partial charge in [-0.15, -0.1) is 0 Å². The summed E-state index contributed by atoms with van der Waals surface area (Å²) in [5.74, 6) is 0.0544. The van der Waals surface area contributed by atoms with Crippen molar-refractivity contribution in [2.24, 2.45) is 0 Å². The minimum Gasteiger partial charge on any atom is -0.423 e. The Kier molecular flexibility index (Phi) is 8.22. The molecule has 0 aromatic heterocycles. The van der Waals surface area contributed by atoms with Crippen molar-refractivity contribution >= 4 is 23.0 Å². The lowest BCUT2D eigenvalue weighted by atomic mass is 10.00. The summed E-state index contributed by atoms with van der Waals surface area (Å²) in [6, 6.07) is 42.4. The number of aryl methyl sites for hydroxylation is 4. The highest BCUT2D eigenvalue weighted by Crippen LogP contribution is 2.35. The molecule has 0 spiro atoms. The summed E-state index contributed by atoms with van der Waals surface area (Å²) < 4.78 is 5.16. The Bertz CT molecular complexity index is 1520. The van der Waals surface area contributed by atoms with Gasteiger partial charge in [-0.1, -0.05) is 90.5 Å². The van der Waals surface area contributed by atoms with Crippen LogP contribution in [0.3, 0.4) is 0 Å². The Labute approximate surface area is 237 Å². The lowest BCUT2D eigenvalue weighted by Gasteiger charge is -2.26. The molecule has 0 atom stereocenters. The second-order valence-electron chi connectivity index (χ2n) is 10.0. The third-order valence-corrected chi connectivity index (χ3v) is 7.01. The molecule has 5 aromatic carbocycles. The summed E-state index contributed by atoms with van der Waals surface area (Å²) in [5, 5.41) is 0. The molecule has 0 fully saturated rings. The fourth-order valence-corrected chi connectivity index (χ4v) is 4.67. The van der Waals surface area contributed by atoms with Gasteiger partial charge in [0.15, 0.2) is 0 Å². The molecule has 0 bridgehead atoms. The third-order valence-electron chi connectivity index (χ3n) is 7.01. The fourth-order valence-electron chi connectivity index (χ4n) is 4.67.